The zero-order chi connectivity index (χ0) is 23.4. The summed E-state index contributed by atoms with van der Waals surface area (Å²) >= 11 is 0. The number of hydrogen-bond acceptors (Lipinski definition) is 6. The molecule has 4 rings (SSSR count). The van der Waals surface area contributed by atoms with Gasteiger partial charge in [-0.05, 0) is 69.8 Å². The zero-order valence-electron chi connectivity index (χ0n) is 19.9. The summed E-state index contributed by atoms with van der Waals surface area (Å²) in [6, 6.07) is 8.71. The lowest BCUT2D eigenvalue weighted by atomic mass is 9.77. The summed E-state index contributed by atoms with van der Waals surface area (Å²) in [7, 11) is 0. The van der Waals surface area contributed by atoms with Crippen LogP contribution in [0.15, 0.2) is 35.6 Å². The Morgan fingerprint density at radius 3 is 2.58 bits per heavy atom. The molecule has 0 radical (unpaired) electrons. The van der Waals surface area contributed by atoms with Gasteiger partial charge in [-0.25, -0.2) is 9.98 Å². The Morgan fingerprint density at radius 2 is 1.88 bits per heavy atom. The number of aromatic nitrogens is 2. The monoisotopic (exact) mass is 449 g/mol. The van der Waals surface area contributed by atoms with E-state index in [4.69, 9.17) is 15.5 Å². The molecule has 2 heterocycles. The number of benzene rings is 1. The van der Waals surface area contributed by atoms with Crippen LogP contribution in [-0.2, 0) is 4.79 Å². The molecule has 2 aromatic rings. The third-order valence-electron chi connectivity index (χ3n) is 6.82. The van der Waals surface area contributed by atoms with Gasteiger partial charge < -0.3 is 15.8 Å². The smallest absolute Gasteiger partial charge is 0.246 e. The highest BCUT2D eigenvalue weighted by atomic mass is 16.5. The van der Waals surface area contributed by atoms with Gasteiger partial charge >= 0.3 is 0 Å². The van der Waals surface area contributed by atoms with E-state index >= 15 is 0 Å². The van der Waals surface area contributed by atoms with Crippen LogP contribution >= 0.6 is 0 Å². The fraction of sp³-hybridized carbons (Fsp3) is 0.538. The number of anilines is 1. The summed E-state index contributed by atoms with van der Waals surface area (Å²) in [6.07, 6.45) is 8.79. The molecule has 1 amide bonds. The minimum absolute atomic E-state index is 0.197. The number of nitrogen functional groups attached to an aromatic ring is 1. The Hall–Kier alpha value is -2.96. The lowest BCUT2D eigenvalue weighted by Crippen LogP contribution is -2.41. The molecular weight excluding hydrogens is 414 g/mol. The van der Waals surface area contributed by atoms with Crippen molar-refractivity contribution in [2.24, 2.45) is 10.9 Å². The molecule has 1 aromatic heterocycles. The van der Waals surface area contributed by atoms with Crippen LogP contribution in [0.3, 0.4) is 0 Å². The van der Waals surface area contributed by atoms with Gasteiger partial charge in [-0.1, -0.05) is 31.2 Å². The average Bonchev–Trinajstić information content (AvgIpc) is 2.81. The fourth-order valence-corrected chi connectivity index (χ4v) is 4.89. The molecule has 176 valence electrons. The Bertz CT molecular complexity index is 1010. The number of nitrogens with two attached hydrogens (primary N) is 1. The second-order valence-corrected chi connectivity index (χ2v) is 9.71. The van der Waals surface area contributed by atoms with Crippen molar-refractivity contribution < 1.29 is 9.53 Å². The predicted molar refractivity (Wildman–Crippen MR) is 131 cm³/mol. The topological polar surface area (TPSA) is 102 Å². The summed E-state index contributed by atoms with van der Waals surface area (Å²) < 4.78 is 6.10. The highest BCUT2D eigenvalue weighted by Gasteiger charge is 2.35. The number of nitrogens with zero attached hydrogens (tertiary/aromatic N) is 3. The van der Waals surface area contributed by atoms with Gasteiger partial charge in [-0.2, -0.15) is 4.98 Å². The van der Waals surface area contributed by atoms with Crippen LogP contribution in [0, 0.1) is 5.92 Å². The van der Waals surface area contributed by atoms with Gasteiger partial charge in [0.15, 0.2) is 11.5 Å². The summed E-state index contributed by atoms with van der Waals surface area (Å²) in [6.45, 7) is 6.84. The standard InChI is InChI=1S/C26H35N5O2/c1-4-15-28-21(32)14-7-17-5-8-18(9-6-17)19-10-12-20(13-11-19)23-26(2,3)33-25-22(31-23)24(27)29-16-30-25/h10-13,16-18H,4-9,14-15H2,1-3H3,(H,28,32)(H2,27,29,30). The maximum absolute atomic E-state index is 11.9. The van der Waals surface area contributed by atoms with Crippen LogP contribution in [0.25, 0.3) is 0 Å². The number of amides is 1. The number of nitrogens with one attached hydrogen (secondary N) is 1. The second-order valence-electron chi connectivity index (χ2n) is 9.71. The van der Waals surface area contributed by atoms with Crippen molar-refractivity contribution >= 4 is 23.1 Å². The number of hydrogen-bond donors (Lipinski definition) is 2. The van der Waals surface area contributed by atoms with Crippen LogP contribution in [0.5, 0.6) is 5.88 Å². The summed E-state index contributed by atoms with van der Waals surface area (Å²) in [5, 5.41) is 2.98. The first kappa shape index (κ1) is 23.2. The Labute approximate surface area is 196 Å². The van der Waals surface area contributed by atoms with Gasteiger partial charge in [-0.15, -0.1) is 0 Å². The normalized spacial score (nSPS) is 21.5. The molecule has 0 bridgehead atoms. The van der Waals surface area contributed by atoms with Crippen molar-refractivity contribution in [3.63, 3.8) is 0 Å². The molecule has 7 heteroatoms. The predicted octanol–water partition coefficient (Wildman–Crippen LogP) is 4.93. The summed E-state index contributed by atoms with van der Waals surface area (Å²) in [4.78, 5) is 24.9. The molecule has 7 nitrogen and oxygen atoms in total. The first-order valence-electron chi connectivity index (χ1n) is 12.1. The highest BCUT2D eigenvalue weighted by molar-refractivity contribution is 6.09. The third-order valence-corrected chi connectivity index (χ3v) is 6.82. The third kappa shape index (κ3) is 5.34. The maximum Gasteiger partial charge on any atom is 0.246 e. The molecule has 33 heavy (non-hydrogen) atoms. The van der Waals surface area contributed by atoms with Crippen LogP contribution < -0.4 is 15.8 Å². The minimum atomic E-state index is -0.614. The molecular formula is C26H35N5O2. The molecule has 0 unspecified atom stereocenters. The second kappa shape index (κ2) is 9.89. The quantitative estimate of drug-likeness (QED) is 0.624. The summed E-state index contributed by atoms with van der Waals surface area (Å²) in [5.74, 6) is 2.18. The molecule has 0 atom stereocenters. The molecule has 2 aliphatic rings. The molecule has 0 spiro atoms. The van der Waals surface area contributed by atoms with Gasteiger partial charge in [0.05, 0.1) is 5.71 Å². The van der Waals surface area contributed by atoms with Gasteiger partial charge in [0.25, 0.3) is 0 Å². The van der Waals surface area contributed by atoms with E-state index in [0.29, 0.717) is 35.6 Å². The van der Waals surface area contributed by atoms with Gasteiger partial charge in [-0.3, -0.25) is 4.79 Å². The van der Waals surface area contributed by atoms with Crippen LogP contribution in [0.4, 0.5) is 11.5 Å². The number of carbonyl (C=O) groups excluding carboxylic acids is 1. The highest BCUT2D eigenvalue weighted by Crippen LogP contribution is 2.40. The van der Waals surface area contributed by atoms with Gasteiger partial charge in [0.2, 0.25) is 11.8 Å². The van der Waals surface area contributed by atoms with E-state index in [-0.39, 0.29) is 5.91 Å². The first-order chi connectivity index (χ1) is 15.9. The van der Waals surface area contributed by atoms with E-state index < -0.39 is 5.60 Å². The lowest BCUT2D eigenvalue weighted by molar-refractivity contribution is -0.121. The van der Waals surface area contributed by atoms with Crippen molar-refractivity contribution in [3.8, 4) is 5.88 Å². The van der Waals surface area contributed by atoms with E-state index in [1.165, 1.54) is 37.6 Å². The number of aliphatic imine (C=N–C) groups is 1. The lowest BCUT2D eigenvalue weighted by Gasteiger charge is -2.32. The maximum atomic E-state index is 11.9. The molecule has 3 N–H and O–H groups in total. The van der Waals surface area contributed by atoms with Crippen LogP contribution in [0.1, 0.15) is 82.8 Å². The average molecular weight is 450 g/mol. The van der Waals surface area contributed by atoms with Crippen LogP contribution in [-0.4, -0.2) is 33.7 Å². The van der Waals surface area contributed by atoms with Crippen LogP contribution in [0.2, 0.25) is 0 Å². The fourth-order valence-electron chi connectivity index (χ4n) is 4.89. The van der Waals surface area contributed by atoms with E-state index in [1.807, 2.05) is 13.8 Å². The summed E-state index contributed by atoms with van der Waals surface area (Å²) in [5.41, 5.74) is 9.10. The molecule has 0 saturated heterocycles. The molecule has 1 aliphatic carbocycles. The molecule has 1 saturated carbocycles. The van der Waals surface area contributed by atoms with Gasteiger partial charge in [0, 0.05) is 18.5 Å². The molecule has 1 fully saturated rings. The van der Waals surface area contributed by atoms with Crippen molar-refractivity contribution in [2.45, 2.75) is 77.2 Å². The first-order valence-corrected chi connectivity index (χ1v) is 12.1. The van der Waals surface area contributed by atoms with E-state index in [0.717, 1.165) is 30.7 Å². The van der Waals surface area contributed by atoms with E-state index in [1.54, 1.807) is 0 Å². The largest absolute Gasteiger partial charge is 0.463 e. The molecule has 1 aliphatic heterocycles. The Morgan fingerprint density at radius 1 is 1.15 bits per heavy atom. The van der Waals surface area contributed by atoms with Crippen molar-refractivity contribution in [1.82, 2.24) is 15.3 Å². The Kier molecular flexibility index (Phi) is 6.96. The van der Waals surface area contributed by atoms with Crippen molar-refractivity contribution in [1.29, 1.82) is 0 Å². The number of ether oxygens (including phenoxy) is 1. The number of fused-ring (bicyclic) bond motifs is 1. The van der Waals surface area contributed by atoms with E-state index in [2.05, 4.69) is 46.5 Å². The minimum Gasteiger partial charge on any atom is -0.463 e. The SMILES string of the molecule is CCCNC(=O)CCC1CCC(c2ccc(C3=Nc4c(N)ncnc4OC3(C)C)cc2)CC1. The molecule has 1 aromatic carbocycles. The zero-order valence-corrected chi connectivity index (χ0v) is 19.9. The van der Waals surface area contributed by atoms with Crippen molar-refractivity contribution in [3.05, 3.63) is 41.7 Å². The Balaban J connectivity index is 1.38. The number of rotatable bonds is 7. The van der Waals surface area contributed by atoms with Crippen molar-refractivity contribution in [2.75, 3.05) is 12.3 Å². The number of carbonyl (C=O) groups is 1. The van der Waals surface area contributed by atoms with Gasteiger partial charge in [0.1, 0.15) is 11.9 Å². The van der Waals surface area contributed by atoms with E-state index in [9.17, 15) is 4.79 Å².